The Bertz CT molecular complexity index is 1500. The third-order valence-electron chi connectivity index (χ3n) is 6.47. The number of pyridine rings is 1. The van der Waals surface area contributed by atoms with Crippen LogP contribution in [0.15, 0.2) is 91.4 Å². The van der Waals surface area contributed by atoms with E-state index in [9.17, 15) is 5.26 Å². The average molecular weight is 473 g/mol. The van der Waals surface area contributed by atoms with E-state index in [0.29, 0.717) is 12.2 Å². The molecule has 0 amide bonds. The summed E-state index contributed by atoms with van der Waals surface area (Å²) in [6.07, 6.45) is 8.50. The second kappa shape index (κ2) is 10.8. The fourth-order valence-electron chi connectivity index (χ4n) is 4.45. The normalized spacial score (nSPS) is 10.8. The van der Waals surface area contributed by atoms with E-state index in [1.54, 1.807) is 12.4 Å². The van der Waals surface area contributed by atoms with Crippen LogP contribution >= 0.6 is 0 Å². The van der Waals surface area contributed by atoms with Crippen LogP contribution in [0.2, 0.25) is 0 Å². The van der Waals surface area contributed by atoms with Crippen molar-refractivity contribution >= 4 is 22.3 Å². The number of aromatic nitrogens is 2. The first kappa shape index (κ1) is 23.2. The summed E-state index contributed by atoms with van der Waals surface area (Å²) in [6, 6.07) is 27.0. The maximum atomic E-state index is 9.78. The molecule has 5 rings (SSSR count). The molecule has 2 heterocycles. The van der Waals surface area contributed by atoms with Crippen LogP contribution in [-0.2, 0) is 6.42 Å². The first-order chi connectivity index (χ1) is 17.7. The van der Waals surface area contributed by atoms with Gasteiger partial charge in [0, 0.05) is 40.7 Å². The lowest BCUT2D eigenvalue weighted by Gasteiger charge is -2.16. The van der Waals surface area contributed by atoms with Gasteiger partial charge in [0.05, 0.1) is 17.9 Å². The van der Waals surface area contributed by atoms with Crippen molar-refractivity contribution in [3.05, 3.63) is 108 Å². The number of fused-ring (bicyclic) bond motifs is 1. The molecule has 0 aliphatic heterocycles. The monoisotopic (exact) mass is 472 g/mol. The molecule has 2 N–H and O–H groups in total. The second-order valence-electron chi connectivity index (χ2n) is 8.84. The van der Waals surface area contributed by atoms with Crippen LogP contribution in [-0.4, -0.2) is 16.6 Å². The molecule has 0 unspecified atom stereocenters. The molecule has 0 fully saturated rings. The van der Waals surface area contributed by atoms with E-state index in [2.05, 4.69) is 58.6 Å². The van der Waals surface area contributed by atoms with Crippen molar-refractivity contribution in [2.45, 2.75) is 26.2 Å². The molecule has 0 radical (unpaired) electrons. The Hall–Kier alpha value is -4.56. The number of nitrogens with zero attached hydrogens (tertiary/aromatic N) is 2. The number of nitrogens with one attached hydrogen (secondary N) is 2. The standard InChI is InChI=1S/C31H28N4O/c1-22-27-16-17-34-30(27)15-14-29(22)35-31-25(19-32)20-33-21-28(31)24-10-12-26(13-11-24)36-18-6-5-9-23-7-3-2-4-8-23/h2-4,7-8,10-17,20-21,34H,5-6,9,18H2,1H3,(H,33,35). The van der Waals surface area contributed by atoms with Crippen LogP contribution in [0, 0.1) is 18.3 Å². The number of unbranched alkanes of at least 4 members (excludes halogenated alkanes) is 1. The molecule has 0 atom stereocenters. The minimum Gasteiger partial charge on any atom is -0.494 e. The third-order valence-corrected chi connectivity index (χ3v) is 6.47. The number of hydrogen-bond acceptors (Lipinski definition) is 4. The Balaban J connectivity index is 1.29. The largest absolute Gasteiger partial charge is 0.494 e. The molecule has 36 heavy (non-hydrogen) atoms. The Morgan fingerprint density at radius 1 is 0.944 bits per heavy atom. The van der Waals surface area contributed by atoms with Crippen molar-refractivity contribution in [1.82, 2.24) is 9.97 Å². The molecule has 0 aliphatic carbocycles. The van der Waals surface area contributed by atoms with Gasteiger partial charge in [0.15, 0.2) is 0 Å². The van der Waals surface area contributed by atoms with Gasteiger partial charge in [0.2, 0.25) is 0 Å². The molecule has 0 aliphatic rings. The molecule has 0 saturated heterocycles. The number of nitriles is 1. The zero-order valence-electron chi connectivity index (χ0n) is 20.3. The highest BCUT2D eigenvalue weighted by Crippen LogP contribution is 2.35. The van der Waals surface area contributed by atoms with Crippen molar-refractivity contribution in [3.63, 3.8) is 0 Å². The van der Waals surface area contributed by atoms with Gasteiger partial charge < -0.3 is 15.0 Å². The minimum absolute atomic E-state index is 0.500. The van der Waals surface area contributed by atoms with Gasteiger partial charge >= 0.3 is 0 Å². The number of ether oxygens (including phenoxy) is 1. The highest BCUT2D eigenvalue weighted by molar-refractivity contribution is 5.91. The Morgan fingerprint density at radius 2 is 1.78 bits per heavy atom. The molecule has 0 bridgehead atoms. The summed E-state index contributed by atoms with van der Waals surface area (Å²) < 4.78 is 5.97. The zero-order valence-corrected chi connectivity index (χ0v) is 20.3. The lowest BCUT2D eigenvalue weighted by Crippen LogP contribution is -2.00. The van der Waals surface area contributed by atoms with Gasteiger partial charge in [-0.2, -0.15) is 5.26 Å². The summed E-state index contributed by atoms with van der Waals surface area (Å²) in [6.45, 7) is 2.77. The van der Waals surface area contributed by atoms with Crippen molar-refractivity contribution in [1.29, 1.82) is 5.26 Å². The van der Waals surface area contributed by atoms with E-state index >= 15 is 0 Å². The van der Waals surface area contributed by atoms with Crippen LogP contribution in [0.3, 0.4) is 0 Å². The lowest BCUT2D eigenvalue weighted by molar-refractivity contribution is 0.307. The number of aryl methyl sites for hydroxylation is 2. The average Bonchev–Trinajstić information content (AvgIpc) is 3.41. The van der Waals surface area contributed by atoms with E-state index in [-0.39, 0.29) is 0 Å². The summed E-state index contributed by atoms with van der Waals surface area (Å²) in [5.41, 5.74) is 7.63. The van der Waals surface area contributed by atoms with Gasteiger partial charge in [-0.25, -0.2) is 0 Å². The second-order valence-corrected chi connectivity index (χ2v) is 8.84. The van der Waals surface area contributed by atoms with Gasteiger partial charge in [0.1, 0.15) is 11.8 Å². The Labute approximate surface area is 211 Å². The molecule has 0 spiro atoms. The number of anilines is 2. The third kappa shape index (κ3) is 5.08. The molecular weight excluding hydrogens is 444 g/mol. The maximum absolute atomic E-state index is 9.78. The first-order valence-electron chi connectivity index (χ1n) is 12.2. The SMILES string of the molecule is Cc1c(Nc2c(C#N)cncc2-c2ccc(OCCCCc3ccccc3)cc2)ccc2[nH]ccc12. The van der Waals surface area contributed by atoms with Crippen molar-refractivity contribution < 1.29 is 4.74 Å². The number of aromatic amines is 1. The van der Waals surface area contributed by atoms with Gasteiger partial charge in [0.25, 0.3) is 0 Å². The zero-order chi connectivity index (χ0) is 24.7. The molecule has 2 aromatic heterocycles. The summed E-state index contributed by atoms with van der Waals surface area (Å²) in [7, 11) is 0. The maximum Gasteiger partial charge on any atom is 0.119 e. The number of hydrogen-bond donors (Lipinski definition) is 2. The smallest absolute Gasteiger partial charge is 0.119 e. The predicted molar refractivity (Wildman–Crippen MR) is 146 cm³/mol. The summed E-state index contributed by atoms with van der Waals surface area (Å²) in [4.78, 5) is 7.56. The van der Waals surface area contributed by atoms with E-state index in [1.165, 1.54) is 5.56 Å². The van der Waals surface area contributed by atoms with Gasteiger partial charge in [-0.3, -0.25) is 4.98 Å². The summed E-state index contributed by atoms with van der Waals surface area (Å²) >= 11 is 0. The lowest BCUT2D eigenvalue weighted by atomic mass is 10.0. The van der Waals surface area contributed by atoms with E-state index in [4.69, 9.17) is 4.74 Å². The molecule has 5 heteroatoms. The van der Waals surface area contributed by atoms with Crippen molar-refractivity contribution in [2.24, 2.45) is 0 Å². The predicted octanol–water partition coefficient (Wildman–Crippen LogP) is 7.56. The van der Waals surface area contributed by atoms with Crippen LogP contribution < -0.4 is 10.1 Å². The van der Waals surface area contributed by atoms with Crippen LogP contribution in [0.1, 0.15) is 29.5 Å². The fraction of sp³-hybridized carbons (Fsp3) is 0.161. The highest BCUT2D eigenvalue weighted by Gasteiger charge is 2.14. The van der Waals surface area contributed by atoms with E-state index in [0.717, 1.165) is 64.0 Å². The molecular formula is C31H28N4O. The Kier molecular flexibility index (Phi) is 6.95. The van der Waals surface area contributed by atoms with Crippen LogP contribution in [0.4, 0.5) is 11.4 Å². The number of H-pyrrole nitrogens is 1. The first-order valence-corrected chi connectivity index (χ1v) is 12.2. The fourth-order valence-corrected chi connectivity index (χ4v) is 4.45. The summed E-state index contributed by atoms with van der Waals surface area (Å²) in [5, 5.41) is 14.4. The van der Waals surface area contributed by atoms with Crippen molar-refractivity contribution in [3.8, 4) is 22.9 Å². The molecule has 5 nitrogen and oxygen atoms in total. The van der Waals surface area contributed by atoms with Gasteiger partial charge in [-0.1, -0.05) is 42.5 Å². The van der Waals surface area contributed by atoms with E-state index < -0.39 is 0 Å². The van der Waals surface area contributed by atoms with Crippen LogP contribution in [0.25, 0.3) is 22.0 Å². The molecule has 0 saturated carbocycles. The Morgan fingerprint density at radius 3 is 2.58 bits per heavy atom. The van der Waals surface area contributed by atoms with Gasteiger partial charge in [-0.15, -0.1) is 0 Å². The quantitative estimate of drug-likeness (QED) is 0.217. The minimum atomic E-state index is 0.500. The summed E-state index contributed by atoms with van der Waals surface area (Å²) in [5.74, 6) is 0.839. The molecule has 3 aromatic carbocycles. The number of benzene rings is 3. The molecule has 5 aromatic rings. The highest BCUT2D eigenvalue weighted by atomic mass is 16.5. The molecule has 178 valence electrons. The topological polar surface area (TPSA) is 73.7 Å². The van der Waals surface area contributed by atoms with Crippen molar-refractivity contribution in [2.75, 3.05) is 11.9 Å². The number of rotatable bonds is 9. The van der Waals surface area contributed by atoms with Crippen LogP contribution in [0.5, 0.6) is 5.75 Å². The van der Waals surface area contributed by atoms with E-state index in [1.807, 2.05) is 48.7 Å². The van der Waals surface area contributed by atoms with Gasteiger partial charge in [-0.05, 0) is 73.2 Å².